The molecule has 0 spiro atoms. The average molecular weight is 506 g/mol. The Labute approximate surface area is 210 Å². The minimum atomic E-state index is -0.585. The second kappa shape index (κ2) is 9.40. The summed E-state index contributed by atoms with van der Waals surface area (Å²) < 4.78 is 5.20. The summed E-state index contributed by atoms with van der Waals surface area (Å²) in [5, 5.41) is 5.21. The number of ether oxygens (including phenoxy) is 1. The van der Waals surface area contributed by atoms with Crippen LogP contribution in [0.25, 0.3) is 10.4 Å². The maximum Gasteiger partial charge on any atom is 0.322 e. The van der Waals surface area contributed by atoms with Crippen molar-refractivity contribution < 1.29 is 14.3 Å². The van der Waals surface area contributed by atoms with Crippen LogP contribution in [0.2, 0.25) is 0 Å². The number of nitrogens with two attached hydrogens (primary N) is 2. The predicted octanol–water partition coefficient (Wildman–Crippen LogP) is 4.74. The van der Waals surface area contributed by atoms with Crippen molar-refractivity contribution in [2.75, 3.05) is 24.7 Å². The highest BCUT2D eigenvalue weighted by atomic mass is 32.1. The van der Waals surface area contributed by atoms with Gasteiger partial charge in [0, 0.05) is 34.8 Å². The SMILES string of the molecule is COc1ccc(NC(=O)N2CCc3nc(C(N)=O)sc3C2c2cc(-c3cccs3)ccc2N)cc1. The number of benzene rings is 2. The molecule has 1 atom stereocenters. The van der Waals surface area contributed by atoms with Crippen molar-refractivity contribution in [3.8, 4) is 16.2 Å². The number of urea groups is 1. The van der Waals surface area contributed by atoms with E-state index in [9.17, 15) is 9.59 Å². The van der Waals surface area contributed by atoms with Crippen molar-refractivity contribution in [3.05, 3.63) is 81.1 Å². The molecule has 5 N–H and O–H groups in total. The number of methoxy groups -OCH3 is 1. The molecular formula is C25H23N5O3S2. The predicted molar refractivity (Wildman–Crippen MR) is 139 cm³/mol. The molecule has 2 aromatic heterocycles. The van der Waals surface area contributed by atoms with Crippen LogP contribution in [-0.4, -0.2) is 35.5 Å². The van der Waals surface area contributed by atoms with Crippen molar-refractivity contribution >= 4 is 46.0 Å². The van der Waals surface area contributed by atoms with E-state index in [2.05, 4.69) is 10.3 Å². The molecule has 0 bridgehead atoms. The maximum absolute atomic E-state index is 13.5. The summed E-state index contributed by atoms with van der Waals surface area (Å²) >= 11 is 2.84. The van der Waals surface area contributed by atoms with Crippen LogP contribution in [0, 0.1) is 0 Å². The van der Waals surface area contributed by atoms with Crippen LogP contribution in [0.4, 0.5) is 16.2 Å². The third-order valence-electron chi connectivity index (χ3n) is 5.88. The van der Waals surface area contributed by atoms with Crippen molar-refractivity contribution in [2.24, 2.45) is 5.73 Å². The molecule has 1 unspecified atom stereocenters. The van der Waals surface area contributed by atoms with Gasteiger partial charge in [0.2, 0.25) is 0 Å². The summed E-state index contributed by atoms with van der Waals surface area (Å²) in [4.78, 5) is 33.5. The van der Waals surface area contributed by atoms with Gasteiger partial charge in [0.15, 0.2) is 5.01 Å². The van der Waals surface area contributed by atoms with Gasteiger partial charge in [-0.15, -0.1) is 22.7 Å². The molecule has 2 aromatic carbocycles. The van der Waals surface area contributed by atoms with Gasteiger partial charge in [-0.05, 0) is 53.4 Å². The van der Waals surface area contributed by atoms with Gasteiger partial charge in [0.25, 0.3) is 5.91 Å². The number of carbonyl (C=O) groups excluding carboxylic acids is 2. The molecule has 1 aliphatic heterocycles. The van der Waals surface area contributed by atoms with E-state index in [-0.39, 0.29) is 11.0 Å². The molecule has 0 aliphatic carbocycles. The van der Waals surface area contributed by atoms with Gasteiger partial charge < -0.3 is 26.4 Å². The summed E-state index contributed by atoms with van der Waals surface area (Å²) in [6, 6.07) is 16.2. The lowest BCUT2D eigenvalue weighted by Gasteiger charge is -2.36. The molecule has 178 valence electrons. The molecule has 3 amide bonds. The largest absolute Gasteiger partial charge is 0.497 e. The van der Waals surface area contributed by atoms with E-state index in [1.165, 1.54) is 11.3 Å². The third-order valence-corrected chi connectivity index (χ3v) is 7.96. The molecule has 8 nitrogen and oxygen atoms in total. The van der Waals surface area contributed by atoms with E-state index in [4.69, 9.17) is 16.2 Å². The number of rotatable bonds is 5. The first-order chi connectivity index (χ1) is 16.9. The Balaban J connectivity index is 1.57. The van der Waals surface area contributed by atoms with Gasteiger partial charge in [0.1, 0.15) is 5.75 Å². The van der Waals surface area contributed by atoms with Crippen molar-refractivity contribution in [3.63, 3.8) is 0 Å². The highest BCUT2D eigenvalue weighted by Crippen LogP contribution is 2.42. The number of anilines is 2. The summed E-state index contributed by atoms with van der Waals surface area (Å²) in [6.07, 6.45) is 0.510. The molecule has 0 fully saturated rings. The first-order valence-corrected chi connectivity index (χ1v) is 12.6. The van der Waals surface area contributed by atoms with Crippen molar-refractivity contribution in [2.45, 2.75) is 12.5 Å². The van der Waals surface area contributed by atoms with Crippen molar-refractivity contribution in [1.29, 1.82) is 0 Å². The highest BCUT2D eigenvalue weighted by Gasteiger charge is 2.36. The lowest BCUT2D eigenvalue weighted by Crippen LogP contribution is -2.42. The van der Waals surface area contributed by atoms with Crippen LogP contribution in [0.1, 0.15) is 32.0 Å². The van der Waals surface area contributed by atoms with Crippen LogP contribution in [0.3, 0.4) is 0 Å². The van der Waals surface area contributed by atoms with E-state index < -0.39 is 11.9 Å². The molecule has 0 saturated heterocycles. The first kappa shape index (κ1) is 22.9. The maximum atomic E-state index is 13.5. The van der Waals surface area contributed by atoms with Crippen LogP contribution < -0.4 is 21.5 Å². The van der Waals surface area contributed by atoms with E-state index >= 15 is 0 Å². The van der Waals surface area contributed by atoms with Crippen LogP contribution in [0.5, 0.6) is 5.75 Å². The summed E-state index contributed by atoms with van der Waals surface area (Å²) in [7, 11) is 1.59. The highest BCUT2D eigenvalue weighted by molar-refractivity contribution is 7.14. The molecule has 0 saturated carbocycles. The van der Waals surface area contributed by atoms with E-state index in [0.29, 0.717) is 30.1 Å². The Morgan fingerprint density at radius 1 is 1.17 bits per heavy atom. The standard InChI is InChI=1S/C25H23N5O3S2/c1-33-16-7-5-15(6-8-16)28-25(32)30-11-10-19-22(35-24(29-19)23(27)31)21(30)17-13-14(4-9-18(17)26)20-3-2-12-34-20/h2-9,12-13,21H,10-11,26H2,1H3,(H2,27,31)(H,28,32). The second-order valence-electron chi connectivity index (χ2n) is 8.02. The molecular weight excluding hydrogens is 482 g/mol. The lowest BCUT2D eigenvalue weighted by molar-refractivity contribution is 0.0999. The number of carbonyl (C=O) groups is 2. The fourth-order valence-electron chi connectivity index (χ4n) is 4.16. The second-order valence-corrected chi connectivity index (χ2v) is 10.00. The van der Waals surface area contributed by atoms with Gasteiger partial charge in [-0.25, -0.2) is 9.78 Å². The molecule has 0 radical (unpaired) electrons. The molecule has 35 heavy (non-hydrogen) atoms. The van der Waals surface area contributed by atoms with E-state index in [0.717, 1.165) is 26.6 Å². The van der Waals surface area contributed by atoms with Gasteiger partial charge >= 0.3 is 6.03 Å². The molecule has 3 heterocycles. The number of fused-ring (bicyclic) bond motifs is 1. The topological polar surface area (TPSA) is 124 Å². The Morgan fingerprint density at radius 3 is 2.66 bits per heavy atom. The van der Waals surface area contributed by atoms with Crippen LogP contribution in [0.15, 0.2) is 60.0 Å². The normalized spacial score (nSPS) is 14.9. The quantitative estimate of drug-likeness (QED) is 0.338. The first-order valence-electron chi connectivity index (χ1n) is 10.9. The smallest absolute Gasteiger partial charge is 0.322 e. The van der Waals surface area contributed by atoms with Crippen LogP contribution >= 0.6 is 22.7 Å². The van der Waals surface area contributed by atoms with Gasteiger partial charge in [-0.3, -0.25) is 4.79 Å². The third kappa shape index (κ3) is 4.45. The number of aromatic nitrogens is 1. The molecule has 5 rings (SSSR count). The van der Waals surface area contributed by atoms with Gasteiger partial charge in [-0.2, -0.15) is 0 Å². The minimum Gasteiger partial charge on any atom is -0.497 e. The number of hydrogen-bond donors (Lipinski definition) is 3. The van der Waals surface area contributed by atoms with E-state index in [1.807, 2.05) is 35.7 Å². The number of nitrogen functional groups attached to an aromatic ring is 1. The van der Waals surface area contributed by atoms with Gasteiger partial charge in [-0.1, -0.05) is 12.1 Å². The molecule has 4 aromatic rings. The number of thiazole rings is 1. The summed E-state index contributed by atoms with van der Waals surface area (Å²) in [5.41, 5.74) is 15.7. The number of primary amides is 1. The molecule has 10 heteroatoms. The van der Waals surface area contributed by atoms with Crippen LogP contribution in [-0.2, 0) is 6.42 Å². The zero-order valence-electron chi connectivity index (χ0n) is 18.9. The zero-order valence-corrected chi connectivity index (χ0v) is 20.5. The molecule has 1 aliphatic rings. The lowest BCUT2D eigenvalue weighted by atomic mass is 9.94. The Hall–Kier alpha value is -3.89. The monoisotopic (exact) mass is 505 g/mol. The number of nitrogens with one attached hydrogen (secondary N) is 1. The zero-order chi connectivity index (χ0) is 24.5. The fourth-order valence-corrected chi connectivity index (χ4v) is 5.98. The Morgan fingerprint density at radius 2 is 1.97 bits per heavy atom. The number of amides is 3. The summed E-state index contributed by atoms with van der Waals surface area (Å²) in [6.45, 7) is 0.407. The summed E-state index contributed by atoms with van der Waals surface area (Å²) in [5.74, 6) is 0.114. The van der Waals surface area contributed by atoms with E-state index in [1.54, 1.807) is 47.6 Å². The average Bonchev–Trinajstić information content (AvgIpc) is 3.55. The fraction of sp³-hybridized carbons (Fsp3) is 0.160. The Bertz CT molecular complexity index is 1380. The van der Waals surface area contributed by atoms with Crippen molar-refractivity contribution in [1.82, 2.24) is 9.88 Å². The number of hydrogen-bond acceptors (Lipinski definition) is 7. The Kier molecular flexibility index (Phi) is 6.14. The van der Waals surface area contributed by atoms with Gasteiger partial charge in [0.05, 0.1) is 23.7 Å². The number of nitrogens with zero attached hydrogens (tertiary/aromatic N) is 2. The number of thiophene rings is 1. The minimum absolute atomic E-state index is 0.227.